The molecule has 0 atom stereocenters. The Balaban J connectivity index is 2.37. The molecule has 0 aliphatic heterocycles. The van der Waals surface area contributed by atoms with Gasteiger partial charge in [-0.15, -0.1) is 0 Å². The van der Waals surface area contributed by atoms with E-state index in [9.17, 15) is 0 Å². The maximum Gasteiger partial charge on any atom is 0.227 e. The number of aryl methyl sites for hydroxylation is 1. The second-order valence-corrected chi connectivity index (χ2v) is 4.95. The lowest BCUT2D eigenvalue weighted by molar-refractivity contribution is 0.451. The van der Waals surface area contributed by atoms with Crippen molar-refractivity contribution in [3.05, 3.63) is 41.7 Å². The van der Waals surface area contributed by atoms with Gasteiger partial charge in [0.25, 0.3) is 0 Å². The molecule has 1 heterocycles. The molecule has 1 aromatic heterocycles. The number of nitrogens with zero attached hydrogens (tertiary/aromatic N) is 2. The number of benzene rings is 1. The van der Waals surface area contributed by atoms with Crippen molar-refractivity contribution in [2.45, 2.75) is 33.1 Å². The molecule has 20 heavy (non-hydrogen) atoms. The lowest BCUT2D eigenvalue weighted by Crippen LogP contribution is -2.04. The second-order valence-electron chi connectivity index (χ2n) is 4.95. The van der Waals surface area contributed by atoms with Crippen molar-refractivity contribution in [3.8, 4) is 11.6 Å². The van der Waals surface area contributed by atoms with E-state index in [0.717, 1.165) is 23.6 Å². The molecule has 0 spiro atoms. The minimum absolute atomic E-state index is 0.281. The van der Waals surface area contributed by atoms with Crippen LogP contribution in [0.2, 0.25) is 0 Å². The Bertz CT molecular complexity index is 582. The van der Waals surface area contributed by atoms with Crippen LogP contribution in [0.15, 0.2) is 30.6 Å². The summed E-state index contributed by atoms with van der Waals surface area (Å²) in [6.45, 7) is 6.34. The Kier molecular flexibility index (Phi) is 4.56. The van der Waals surface area contributed by atoms with Crippen LogP contribution in [0.3, 0.4) is 0 Å². The summed E-state index contributed by atoms with van der Waals surface area (Å²) in [5.74, 6) is 2.53. The predicted octanol–water partition coefficient (Wildman–Crippen LogP) is 4.00. The molecule has 1 aromatic carbocycles. The molecule has 0 fully saturated rings. The van der Waals surface area contributed by atoms with Gasteiger partial charge in [0.05, 0.1) is 5.56 Å². The summed E-state index contributed by atoms with van der Waals surface area (Å²) >= 11 is 0. The largest absolute Gasteiger partial charge is 0.439 e. The van der Waals surface area contributed by atoms with Crippen molar-refractivity contribution in [2.75, 3.05) is 12.4 Å². The maximum atomic E-state index is 5.96. The first-order chi connectivity index (χ1) is 9.65. The van der Waals surface area contributed by atoms with E-state index in [1.165, 1.54) is 11.9 Å². The molecule has 2 rings (SSSR count). The van der Waals surface area contributed by atoms with Crippen LogP contribution in [0.4, 0.5) is 5.82 Å². The highest BCUT2D eigenvalue weighted by molar-refractivity contribution is 5.51. The van der Waals surface area contributed by atoms with E-state index in [-0.39, 0.29) is 5.92 Å². The topological polar surface area (TPSA) is 47.0 Å². The van der Waals surface area contributed by atoms with E-state index in [1.54, 1.807) is 0 Å². The lowest BCUT2D eigenvalue weighted by Gasteiger charge is -2.15. The first-order valence-electron chi connectivity index (χ1n) is 6.95. The average Bonchev–Trinajstić information content (AvgIpc) is 2.46. The third kappa shape index (κ3) is 3.07. The standard InChI is InChI=1S/C16H21N3O/c1-5-12-7-6-8-13(9-12)20-16-14(11(2)3)15(17-4)18-10-19-16/h6-11H,5H2,1-4H3,(H,17,18,19). The summed E-state index contributed by atoms with van der Waals surface area (Å²) in [5.41, 5.74) is 2.24. The van der Waals surface area contributed by atoms with Gasteiger partial charge in [0.1, 0.15) is 17.9 Å². The van der Waals surface area contributed by atoms with Crippen molar-refractivity contribution in [2.24, 2.45) is 0 Å². The van der Waals surface area contributed by atoms with Gasteiger partial charge < -0.3 is 10.1 Å². The fourth-order valence-electron chi connectivity index (χ4n) is 2.12. The zero-order valence-electron chi connectivity index (χ0n) is 12.5. The van der Waals surface area contributed by atoms with Gasteiger partial charge in [-0.3, -0.25) is 0 Å². The molecular formula is C16H21N3O. The highest BCUT2D eigenvalue weighted by atomic mass is 16.5. The van der Waals surface area contributed by atoms with Crippen molar-refractivity contribution in [1.29, 1.82) is 0 Å². The zero-order valence-corrected chi connectivity index (χ0v) is 12.5. The molecule has 0 saturated heterocycles. The highest BCUT2D eigenvalue weighted by Gasteiger charge is 2.16. The van der Waals surface area contributed by atoms with Crippen LogP contribution in [0.25, 0.3) is 0 Å². The van der Waals surface area contributed by atoms with Gasteiger partial charge >= 0.3 is 0 Å². The van der Waals surface area contributed by atoms with Crippen LogP contribution in [0.1, 0.15) is 37.8 Å². The molecule has 1 N–H and O–H groups in total. The zero-order chi connectivity index (χ0) is 14.5. The minimum atomic E-state index is 0.281. The normalized spacial score (nSPS) is 10.7. The molecule has 0 amide bonds. The predicted molar refractivity (Wildman–Crippen MR) is 81.6 cm³/mol. The Morgan fingerprint density at radius 1 is 1.25 bits per heavy atom. The number of anilines is 1. The molecule has 0 unspecified atom stereocenters. The molecule has 4 nitrogen and oxygen atoms in total. The van der Waals surface area contributed by atoms with E-state index in [0.29, 0.717) is 5.88 Å². The van der Waals surface area contributed by atoms with Crippen molar-refractivity contribution in [1.82, 2.24) is 9.97 Å². The van der Waals surface area contributed by atoms with Gasteiger partial charge in [-0.05, 0) is 30.0 Å². The van der Waals surface area contributed by atoms with E-state index < -0.39 is 0 Å². The summed E-state index contributed by atoms with van der Waals surface area (Å²) in [6, 6.07) is 8.09. The summed E-state index contributed by atoms with van der Waals surface area (Å²) in [6.07, 6.45) is 2.51. The third-order valence-electron chi connectivity index (χ3n) is 3.18. The van der Waals surface area contributed by atoms with E-state index >= 15 is 0 Å². The number of rotatable bonds is 5. The van der Waals surface area contributed by atoms with Crippen LogP contribution < -0.4 is 10.1 Å². The number of hydrogen-bond donors (Lipinski definition) is 1. The Hall–Kier alpha value is -2.10. The number of nitrogens with one attached hydrogen (secondary N) is 1. The molecule has 0 radical (unpaired) electrons. The monoisotopic (exact) mass is 271 g/mol. The lowest BCUT2D eigenvalue weighted by atomic mass is 10.1. The molecule has 0 bridgehead atoms. The Morgan fingerprint density at radius 2 is 2.05 bits per heavy atom. The molecule has 106 valence electrons. The smallest absolute Gasteiger partial charge is 0.227 e. The van der Waals surface area contributed by atoms with Crippen molar-refractivity contribution < 1.29 is 4.74 Å². The number of aromatic nitrogens is 2. The summed E-state index contributed by atoms with van der Waals surface area (Å²) in [7, 11) is 1.86. The van der Waals surface area contributed by atoms with Gasteiger partial charge in [-0.1, -0.05) is 32.9 Å². The van der Waals surface area contributed by atoms with E-state index in [1.807, 2.05) is 25.2 Å². The van der Waals surface area contributed by atoms with Gasteiger partial charge in [-0.2, -0.15) is 0 Å². The van der Waals surface area contributed by atoms with Gasteiger partial charge in [0.2, 0.25) is 5.88 Å². The fourth-order valence-corrected chi connectivity index (χ4v) is 2.12. The first-order valence-corrected chi connectivity index (χ1v) is 6.95. The van der Waals surface area contributed by atoms with Crippen LogP contribution in [-0.2, 0) is 6.42 Å². The molecule has 0 saturated carbocycles. The molecule has 0 aliphatic carbocycles. The van der Waals surface area contributed by atoms with Crippen molar-refractivity contribution in [3.63, 3.8) is 0 Å². The van der Waals surface area contributed by atoms with Crippen LogP contribution in [0.5, 0.6) is 11.6 Å². The van der Waals surface area contributed by atoms with E-state index in [4.69, 9.17) is 4.74 Å². The molecular weight excluding hydrogens is 250 g/mol. The summed E-state index contributed by atoms with van der Waals surface area (Å²) in [4.78, 5) is 8.54. The summed E-state index contributed by atoms with van der Waals surface area (Å²) in [5, 5.41) is 3.09. The highest BCUT2D eigenvalue weighted by Crippen LogP contribution is 2.32. The SMILES string of the molecule is CCc1cccc(Oc2ncnc(NC)c2C(C)C)c1. The maximum absolute atomic E-state index is 5.96. The average molecular weight is 271 g/mol. The first kappa shape index (κ1) is 14.3. The quantitative estimate of drug-likeness (QED) is 0.893. The fraction of sp³-hybridized carbons (Fsp3) is 0.375. The molecule has 2 aromatic rings. The van der Waals surface area contributed by atoms with Crippen LogP contribution in [0, 0.1) is 0 Å². The van der Waals surface area contributed by atoms with E-state index in [2.05, 4.69) is 42.1 Å². The van der Waals surface area contributed by atoms with Gasteiger partial charge in [0, 0.05) is 7.05 Å². The third-order valence-corrected chi connectivity index (χ3v) is 3.18. The number of ether oxygens (including phenoxy) is 1. The number of hydrogen-bond acceptors (Lipinski definition) is 4. The molecule has 4 heteroatoms. The van der Waals surface area contributed by atoms with Crippen molar-refractivity contribution >= 4 is 5.82 Å². The van der Waals surface area contributed by atoms with Crippen LogP contribution >= 0.6 is 0 Å². The van der Waals surface area contributed by atoms with Crippen LogP contribution in [-0.4, -0.2) is 17.0 Å². The molecule has 0 aliphatic rings. The van der Waals surface area contributed by atoms with Gasteiger partial charge in [-0.25, -0.2) is 9.97 Å². The Labute approximate surface area is 120 Å². The minimum Gasteiger partial charge on any atom is -0.439 e. The summed E-state index contributed by atoms with van der Waals surface area (Å²) < 4.78 is 5.96. The Morgan fingerprint density at radius 3 is 2.70 bits per heavy atom. The van der Waals surface area contributed by atoms with Gasteiger partial charge in [0.15, 0.2) is 0 Å². The second kappa shape index (κ2) is 6.37.